The SMILES string of the molecule is CO[C@@H](C)c1nc(CN(C)C(=O)N(C)C)cs1. The van der Waals surface area contributed by atoms with Crippen molar-refractivity contribution in [2.45, 2.75) is 19.6 Å². The molecule has 1 rings (SSSR count). The molecule has 1 heterocycles. The van der Waals surface area contributed by atoms with Crippen molar-refractivity contribution < 1.29 is 9.53 Å². The van der Waals surface area contributed by atoms with Gasteiger partial charge in [0.05, 0.1) is 12.2 Å². The molecule has 17 heavy (non-hydrogen) atoms. The van der Waals surface area contributed by atoms with E-state index in [1.54, 1.807) is 49.4 Å². The Kier molecular flexibility index (Phi) is 4.89. The number of thiazole rings is 1. The van der Waals surface area contributed by atoms with Crippen molar-refractivity contribution in [3.05, 3.63) is 16.1 Å². The van der Waals surface area contributed by atoms with Crippen LogP contribution < -0.4 is 0 Å². The maximum Gasteiger partial charge on any atom is 0.319 e. The van der Waals surface area contributed by atoms with Gasteiger partial charge >= 0.3 is 6.03 Å². The molecule has 1 atom stereocenters. The standard InChI is InChI=1S/C11H19N3O2S/c1-8(16-5)10-12-9(7-17-10)6-14(4)11(15)13(2)3/h7-8H,6H2,1-5H3/t8-/m0/s1. The summed E-state index contributed by atoms with van der Waals surface area (Å²) in [6, 6.07) is -0.0284. The molecule has 2 amide bonds. The molecule has 96 valence electrons. The van der Waals surface area contributed by atoms with E-state index < -0.39 is 0 Å². The molecule has 0 saturated carbocycles. The second-order valence-electron chi connectivity index (χ2n) is 4.09. The van der Waals surface area contributed by atoms with Crippen LogP contribution in [0.5, 0.6) is 0 Å². The van der Waals surface area contributed by atoms with Crippen LogP contribution in [0.3, 0.4) is 0 Å². The summed E-state index contributed by atoms with van der Waals surface area (Å²) in [7, 11) is 6.89. The fourth-order valence-electron chi connectivity index (χ4n) is 1.33. The molecule has 1 aromatic rings. The average Bonchev–Trinajstić information content (AvgIpc) is 2.75. The second-order valence-corrected chi connectivity index (χ2v) is 4.98. The third kappa shape index (κ3) is 3.67. The highest BCUT2D eigenvalue weighted by molar-refractivity contribution is 7.09. The summed E-state index contributed by atoms with van der Waals surface area (Å²) in [4.78, 5) is 19.3. The predicted octanol–water partition coefficient (Wildman–Crippen LogP) is 1.96. The summed E-state index contributed by atoms with van der Waals surface area (Å²) in [6.07, 6.45) is 0.00334. The van der Waals surface area contributed by atoms with Gasteiger partial charge in [-0.25, -0.2) is 9.78 Å². The molecule has 0 N–H and O–H groups in total. The zero-order chi connectivity index (χ0) is 13.0. The lowest BCUT2D eigenvalue weighted by Crippen LogP contribution is -2.35. The van der Waals surface area contributed by atoms with Crippen LogP contribution in [0, 0.1) is 0 Å². The number of aromatic nitrogens is 1. The van der Waals surface area contributed by atoms with Crippen molar-refractivity contribution in [2.24, 2.45) is 0 Å². The van der Waals surface area contributed by atoms with E-state index in [0.29, 0.717) is 6.54 Å². The van der Waals surface area contributed by atoms with Crippen LogP contribution in [-0.4, -0.2) is 49.1 Å². The molecular weight excluding hydrogens is 238 g/mol. The number of amides is 2. The molecule has 0 aliphatic heterocycles. The van der Waals surface area contributed by atoms with Crippen LogP contribution in [0.15, 0.2) is 5.38 Å². The minimum Gasteiger partial charge on any atom is -0.375 e. The van der Waals surface area contributed by atoms with Gasteiger partial charge in [0, 0.05) is 33.6 Å². The molecule has 6 heteroatoms. The number of urea groups is 1. The Morgan fingerprint density at radius 2 is 2.18 bits per heavy atom. The topological polar surface area (TPSA) is 45.7 Å². The lowest BCUT2D eigenvalue weighted by atomic mass is 10.4. The molecule has 0 aromatic carbocycles. The van der Waals surface area contributed by atoms with Gasteiger partial charge in [-0.05, 0) is 6.92 Å². The molecule has 0 fully saturated rings. The zero-order valence-electron chi connectivity index (χ0n) is 10.9. The second kappa shape index (κ2) is 5.97. The van der Waals surface area contributed by atoms with E-state index >= 15 is 0 Å². The van der Waals surface area contributed by atoms with Gasteiger partial charge in [-0.15, -0.1) is 11.3 Å². The van der Waals surface area contributed by atoms with Gasteiger partial charge in [0.15, 0.2) is 0 Å². The number of carbonyl (C=O) groups excluding carboxylic acids is 1. The molecule has 1 aromatic heterocycles. The first-order valence-corrected chi connectivity index (χ1v) is 6.23. The number of nitrogens with zero attached hydrogens (tertiary/aromatic N) is 3. The smallest absolute Gasteiger partial charge is 0.319 e. The van der Waals surface area contributed by atoms with Gasteiger partial charge in [0.1, 0.15) is 11.1 Å². The van der Waals surface area contributed by atoms with Crippen LogP contribution in [0.4, 0.5) is 4.79 Å². The molecule has 0 aliphatic rings. The Bertz CT molecular complexity index is 379. The monoisotopic (exact) mass is 257 g/mol. The fourth-order valence-corrected chi connectivity index (χ4v) is 2.18. The highest BCUT2D eigenvalue weighted by Crippen LogP contribution is 2.20. The molecule has 0 aliphatic carbocycles. The lowest BCUT2D eigenvalue weighted by molar-refractivity contribution is 0.119. The highest BCUT2D eigenvalue weighted by Gasteiger charge is 2.14. The van der Waals surface area contributed by atoms with Gasteiger partial charge in [-0.3, -0.25) is 0 Å². The Hall–Kier alpha value is -1.14. The van der Waals surface area contributed by atoms with E-state index in [-0.39, 0.29) is 12.1 Å². The molecule has 0 spiro atoms. The van der Waals surface area contributed by atoms with E-state index in [2.05, 4.69) is 4.98 Å². The maximum absolute atomic E-state index is 11.6. The Morgan fingerprint density at radius 1 is 1.53 bits per heavy atom. The summed E-state index contributed by atoms with van der Waals surface area (Å²) in [5, 5.41) is 2.90. The van der Waals surface area contributed by atoms with Crippen LogP contribution in [0.25, 0.3) is 0 Å². The highest BCUT2D eigenvalue weighted by atomic mass is 32.1. The van der Waals surface area contributed by atoms with Gasteiger partial charge in [0.25, 0.3) is 0 Å². The van der Waals surface area contributed by atoms with Crippen LogP contribution >= 0.6 is 11.3 Å². The summed E-state index contributed by atoms with van der Waals surface area (Å²) < 4.78 is 5.20. The van der Waals surface area contributed by atoms with Crippen molar-refractivity contribution in [3.63, 3.8) is 0 Å². The van der Waals surface area contributed by atoms with E-state index in [9.17, 15) is 4.79 Å². The van der Waals surface area contributed by atoms with Gasteiger partial charge in [0.2, 0.25) is 0 Å². The molecule has 0 bridgehead atoms. The molecule has 0 saturated heterocycles. The van der Waals surface area contributed by atoms with E-state index in [4.69, 9.17) is 4.74 Å². The Labute approximate surface area is 106 Å². The summed E-state index contributed by atoms with van der Waals surface area (Å²) in [6.45, 7) is 2.47. The maximum atomic E-state index is 11.6. The fraction of sp³-hybridized carbons (Fsp3) is 0.636. The average molecular weight is 257 g/mol. The summed E-state index contributed by atoms with van der Waals surface area (Å²) in [5.41, 5.74) is 0.895. The zero-order valence-corrected chi connectivity index (χ0v) is 11.7. The van der Waals surface area contributed by atoms with Crippen molar-refractivity contribution in [2.75, 3.05) is 28.3 Å². The van der Waals surface area contributed by atoms with Gasteiger partial charge in [-0.1, -0.05) is 0 Å². The number of methoxy groups -OCH3 is 1. The van der Waals surface area contributed by atoms with Gasteiger partial charge < -0.3 is 14.5 Å². The van der Waals surface area contributed by atoms with Crippen molar-refractivity contribution in [1.29, 1.82) is 0 Å². The minimum atomic E-state index is -0.0284. The van der Waals surface area contributed by atoms with E-state index in [1.807, 2.05) is 12.3 Å². The van der Waals surface area contributed by atoms with Crippen LogP contribution in [0.1, 0.15) is 23.7 Å². The largest absolute Gasteiger partial charge is 0.375 e. The van der Waals surface area contributed by atoms with E-state index in [0.717, 1.165) is 10.7 Å². The number of hydrogen-bond donors (Lipinski definition) is 0. The molecule has 0 unspecified atom stereocenters. The first kappa shape index (κ1) is 13.9. The van der Waals surface area contributed by atoms with Crippen molar-refractivity contribution >= 4 is 17.4 Å². The first-order valence-electron chi connectivity index (χ1n) is 5.35. The third-order valence-electron chi connectivity index (χ3n) is 2.38. The minimum absolute atomic E-state index is 0.00334. The van der Waals surface area contributed by atoms with Crippen molar-refractivity contribution in [1.82, 2.24) is 14.8 Å². The predicted molar refractivity (Wildman–Crippen MR) is 68.1 cm³/mol. The van der Waals surface area contributed by atoms with Crippen LogP contribution in [0.2, 0.25) is 0 Å². The molecule has 0 radical (unpaired) electrons. The number of rotatable bonds is 4. The first-order chi connectivity index (χ1) is 7.95. The summed E-state index contributed by atoms with van der Waals surface area (Å²) in [5.74, 6) is 0. The third-order valence-corrected chi connectivity index (χ3v) is 3.43. The Balaban J connectivity index is 2.63. The summed E-state index contributed by atoms with van der Waals surface area (Å²) >= 11 is 1.56. The Morgan fingerprint density at radius 3 is 2.71 bits per heavy atom. The molecular formula is C11H19N3O2S. The normalized spacial score (nSPS) is 12.3. The van der Waals surface area contributed by atoms with Gasteiger partial charge in [-0.2, -0.15) is 0 Å². The number of hydrogen-bond acceptors (Lipinski definition) is 4. The lowest BCUT2D eigenvalue weighted by Gasteiger charge is -2.20. The van der Waals surface area contributed by atoms with Crippen molar-refractivity contribution in [3.8, 4) is 0 Å². The number of carbonyl (C=O) groups is 1. The quantitative estimate of drug-likeness (QED) is 0.828. The van der Waals surface area contributed by atoms with Crippen LogP contribution in [-0.2, 0) is 11.3 Å². The van der Waals surface area contributed by atoms with E-state index in [1.165, 1.54) is 0 Å². The number of ether oxygens (including phenoxy) is 1. The molecule has 5 nitrogen and oxygen atoms in total.